The van der Waals surface area contributed by atoms with Gasteiger partial charge in [-0.05, 0) is 61.6 Å². The minimum absolute atomic E-state index is 0.182. The highest BCUT2D eigenvalue weighted by atomic mass is 35.5. The summed E-state index contributed by atoms with van der Waals surface area (Å²) in [6, 6.07) is 11.2. The quantitative estimate of drug-likeness (QED) is 0.773. The molecule has 0 radical (unpaired) electrons. The van der Waals surface area contributed by atoms with Crippen molar-refractivity contribution in [2.24, 2.45) is 0 Å². The third kappa shape index (κ3) is 4.88. The van der Waals surface area contributed by atoms with Gasteiger partial charge < -0.3 is 9.84 Å². The molecule has 2 aromatic rings. The number of nitrogens with zero attached hydrogens (tertiary/aromatic N) is 2. The van der Waals surface area contributed by atoms with Crippen LogP contribution >= 0.6 is 23.4 Å². The van der Waals surface area contributed by atoms with Crippen molar-refractivity contribution in [1.82, 2.24) is 4.98 Å². The van der Waals surface area contributed by atoms with Crippen LogP contribution in [0.15, 0.2) is 35.4 Å². The van der Waals surface area contributed by atoms with Gasteiger partial charge in [-0.1, -0.05) is 11.6 Å². The van der Waals surface area contributed by atoms with Gasteiger partial charge in [-0.25, -0.2) is 4.98 Å². The molecule has 3 rings (SSSR count). The van der Waals surface area contributed by atoms with Gasteiger partial charge in [0.05, 0.1) is 11.7 Å². The lowest BCUT2D eigenvalue weighted by Gasteiger charge is -2.17. The molecular formula is C19H19ClN2O2S. The smallest absolute Gasteiger partial charge is 0.119 e. The third-order valence-corrected chi connectivity index (χ3v) is 5.44. The van der Waals surface area contributed by atoms with Crippen LogP contribution in [0.25, 0.3) is 0 Å². The first kappa shape index (κ1) is 18.1. The lowest BCUT2D eigenvalue weighted by Crippen LogP contribution is -2.20. The number of pyridine rings is 1. The van der Waals surface area contributed by atoms with Crippen LogP contribution in [0.4, 0.5) is 0 Å². The number of aliphatic hydroxyl groups excluding tert-OH is 1. The summed E-state index contributed by atoms with van der Waals surface area (Å²) in [5.41, 5.74) is 2.88. The van der Waals surface area contributed by atoms with Crippen LogP contribution in [-0.4, -0.2) is 28.6 Å². The molecule has 0 fully saturated rings. The molecule has 1 heterocycles. The molecule has 1 aliphatic carbocycles. The number of aryl methyl sites for hydroxylation is 2. The average molecular weight is 375 g/mol. The van der Waals surface area contributed by atoms with Gasteiger partial charge in [-0.15, -0.1) is 11.8 Å². The Kier molecular flexibility index (Phi) is 6.19. The van der Waals surface area contributed by atoms with E-state index in [9.17, 15) is 10.4 Å². The second-order valence-electron chi connectivity index (χ2n) is 6.00. The van der Waals surface area contributed by atoms with Crippen molar-refractivity contribution in [2.75, 3.05) is 12.4 Å². The van der Waals surface area contributed by atoms with Crippen molar-refractivity contribution in [3.63, 3.8) is 0 Å². The SMILES string of the molecule is N#Cc1cc2c(nc1SC[C@@H](O)COc1ccc(Cl)cc1)CCCC2. The number of aromatic nitrogens is 1. The summed E-state index contributed by atoms with van der Waals surface area (Å²) in [5, 5.41) is 20.9. The molecule has 1 N–H and O–H groups in total. The maximum Gasteiger partial charge on any atom is 0.119 e. The first-order chi connectivity index (χ1) is 12.2. The summed E-state index contributed by atoms with van der Waals surface area (Å²) in [5.74, 6) is 1.09. The van der Waals surface area contributed by atoms with Crippen molar-refractivity contribution in [1.29, 1.82) is 5.26 Å². The summed E-state index contributed by atoms with van der Waals surface area (Å²) in [4.78, 5) is 4.66. The molecule has 0 aliphatic heterocycles. The normalized spacial score (nSPS) is 14.4. The summed E-state index contributed by atoms with van der Waals surface area (Å²) < 4.78 is 5.55. The number of rotatable bonds is 6. The lowest BCUT2D eigenvalue weighted by molar-refractivity contribution is 0.126. The van der Waals surface area contributed by atoms with E-state index >= 15 is 0 Å². The topological polar surface area (TPSA) is 66.1 Å². The number of hydrogen-bond acceptors (Lipinski definition) is 5. The minimum atomic E-state index is -0.648. The van der Waals surface area contributed by atoms with Crippen molar-refractivity contribution < 1.29 is 9.84 Å². The van der Waals surface area contributed by atoms with Crippen LogP contribution in [0.2, 0.25) is 5.02 Å². The number of nitriles is 1. The second kappa shape index (κ2) is 8.57. The standard InChI is InChI=1S/C19H19ClN2O2S/c20-15-5-7-17(8-6-15)24-11-16(23)12-25-19-14(10-21)9-13-3-1-2-4-18(13)22-19/h5-9,16,23H,1-4,11-12H2/t16-/m0/s1. The highest BCUT2D eigenvalue weighted by Gasteiger charge is 2.16. The van der Waals surface area contributed by atoms with Crippen molar-refractivity contribution in [3.8, 4) is 11.8 Å². The van der Waals surface area contributed by atoms with Gasteiger partial charge in [0.1, 0.15) is 23.5 Å². The zero-order chi connectivity index (χ0) is 17.6. The lowest BCUT2D eigenvalue weighted by atomic mass is 9.95. The van der Waals surface area contributed by atoms with Gasteiger partial charge in [0, 0.05) is 16.5 Å². The monoisotopic (exact) mass is 374 g/mol. The molecule has 130 valence electrons. The highest BCUT2D eigenvalue weighted by Crippen LogP contribution is 2.27. The van der Waals surface area contributed by atoms with E-state index in [1.807, 2.05) is 6.07 Å². The van der Waals surface area contributed by atoms with Crippen LogP contribution < -0.4 is 4.74 Å². The van der Waals surface area contributed by atoms with Crippen LogP contribution in [0.1, 0.15) is 29.7 Å². The Balaban J connectivity index is 1.57. The van der Waals surface area contributed by atoms with Gasteiger partial charge >= 0.3 is 0 Å². The predicted molar refractivity (Wildman–Crippen MR) is 99.3 cm³/mol. The number of halogens is 1. The number of hydrogen-bond donors (Lipinski definition) is 1. The molecule has 0 spiro atoms. The van der Waals surface area contributed by atoms with Gasteiger partial charge in [-0.3, -0.25) is 0 Å². The average Bonchev–Trinajstić information content (AvgIpc) is 2.65. The largest absolute Gasteiger partial charge is 0.491 e. The summed E-state index contributed by atoms with van der Waals surface area (Å²) >= 11 is 7.23. The minimum Gasteiger partial charge on any atom is -0.491 e. The molecule has 0 bridgehead atoms. The van der Waals surface area contributed by atoms with E-state index in [4.69, 9.17) is 16.3 Å². The summed E-state index contributed by atoms with van der Waals surface area (Å²) in [7, 11) is 0. The number of ether oxygens (including phenoxy) is 1. The molecule has 6 heteroatoms. The van der Waals surface area contributed by atoms with Gasteiger partial charge in [0.15, 0.2) is 0 Å². The number of thioether (sulfide) groups is 1. The van der Waals surface area contributed by atoms with E-state index in [1.54, 1.807) is 24.3 Å². The van der Waals surface area contributed by atoms with Crippen LogP contribution in [0.5, 0.6) is 5.75 Å². The molecule has 1 aromatic carbocycles. The first-order valence-electron chi connectivity index (χ1n) is 8.28. The fraction of sp³-hybridized carbons (Fsp3) is 0.368. The van der Waals surface area contributed by atoms with E-state index in [0.29, 0.717) is 27.1 Å². The van der Waals surface area contributed by atoms with E-state index in [2.05, 4.69) is 11.1 Å². The van der Waals surface area contributed by atoms with E-state index < -0.39 is 6.10 Å². The fourth-order valence-electron chi connectivity index (χ4n) is 2.75. The van der Waals surface area contributed by atoms with Crippen LogP contribution in [0.3, 0.4) is 0 Å². The van der Waals surface area contributed by atoms with Crippen molar-refractivity contribution in [3.05, 3.63) is 52.2 Å². The van der Waals surface area contributed by atoms with E-state index in [-0.39, 0.29) is 6.61 Å². The predicted octanol–water partition coefficient (Wildman–Crippen LogP) is 4.02. The maximum absolute atomic E-state index is 10.1. The molecule has 0 unspecified atom stereocenters. The molecule has 1 atom stereocenters. The van der Waals surface area contributed by atoms with Gasteiger partial charge in [0.25, 0.3) is 0 Å². The fourth-order valence-corrected chi connectivity index (χ4v) is 3.76. The first-order valence-corrected chi connectivity index (χ1v) is 9.64. The molecule has 4 nitrogen and oxygen atoms in total. The molecular weight excluding hydrogens is 356 g/mol. The Morgan fingerprint density at radius 1 is 1.28 bits per heavy atom. The molecule has 25 heavy (non-hydrogen) atoms. The number of aliphatic hydroxyl groups is 1. The molecule has 1 aliphatic rings. The Morgan fingerprint density at radius 2 is 2.04 bits per heavy atom. The Hall–Kier alpha value is -1.74. The maximum atomic E-state index is 10.1. The summed E-state index contributed by atoms with van der Waals surface area (Å²) in [6.45, 7) is 0.182. The van der Waals surface area contributed by atoms with Crippen molar-refractivity contribution in [2.45, 2.75) is 36.8 Å². The Labute approximate surface area is 156 Å². The second-order valence-corrected chi connectivity index (χ2v) is 7.44. The Bertz CT molecular complexity index is 774. The molecule has 0 saturated heterocycles. The zero-order valence-electron chi connectivity index (χ0n) is 13.7. The Morgan fingerprint density at radius 3 is 2.80 bits per heavy atom. The highest BCUT2D eigenvalue weighted by molar-refractivity contribution is 7.99. The van der Waals surface area contributed by atoms with Gasteiger partial charge in [-0.2, -0.15) is 5.26 Å². The summed E-state index contributed by atoms with van der Waals surface area (Å²) in [6.07, 6.45) is 3.63. The number of fused-ring (bicyclic) bond motifs is 1. The van der Waals surface area contributed by atoms with Crippen molar-refractivity contribution >= 4 is 23.4 Å². The number of benzene rings is 1. The van der Waals surface area contributed by atoms with E-state index in [0.717, 1.165) is 31.4 Å². The molecule has 0 amide bonds. The molecule has 0 saturated carbocycles. The van der Waals surface area contributed by atoms with Crippen LogP contribution in [-0.2, 0) is 12.8 Å². The molecule has 1 aromatic heterocycles. The van der Waals surface area contributed by atoms with Crippen LogP contribution in [0, 0.1) is 11.3 Å². The van der Waals surface area contributed by atoms with E-state index in [1.165, 1.54) is 17.3 Å². The third-order valence-electron chi connectivity index (χ3n) is 4.05. The van der Waals surface area contributed by atoms with Gasteiger partial charge in [0.2, 0.25) is 0 Å². The zero-order valence-corrected chi connectivity index (χ0v) is 15.3.